The van der Waals surface area contributed by atoms with E-state index in [1.54, 1.807) is 48.5 Å². The van der Waals surface area contributed by atoms with Crippen molar-refractivity contribution < 1.29 is 13.9 Å². The lowest BCUT2D eigenvalue weighted by Gasteiger charge is -2.19. The summed E-state index contributed by atoms with van der Waals surface area (Å²) in [5.74, 6) is -0.132. The summed E-state index contributed by atoms with van der Waals surface area (Å²) in [5, 5.41) is 3.60. The molecule has 0 radical (unpaired) electrons. The Kier molecular flexibility index (Phi) is 6.25. The highest BCUT2D eigenvalue weighted by Gasteiger charge is 2.20. The van der Waals surface area contributed by atoms with Crippen molar-refractivity contribution >= 4 is 34.2 Å². The third kappa shape index (κ3) is 5.10. The average Bonchev–Trinajstić information content (AvgIpc) is 2.78. The Labute approximate surface area is 197 Å². The zero-order chi connectivity index (χ0) is 23.6. The van der Waals surface area contributed by atoms with Gasteiger partial charge in [0.15, 0.2) is 12.4 Å². The molecule has 4 rings (SSSR count). The third-order valence-corrected chi connectivity index (χ3v) is 5.46. The Morgan fingerprint density at radius 3 is 2.42 bits per heavy atom. The number of carbonyl (C=O) groups is 1. The fourth-order valence-corrected chi connectivity index (χ4v) is 3.66. The molecule has 0 aliphatic carbocycles. The van der Waals surface area contributed by atoms with Gasteiger partial charge in [-0.3, -0.25) is 9.59 Å². The monoisotopic (exact) mass is 461 g/mol. The van der Waals surface area contributed by atoms with Gasteiger partial charge in [0, 0.05) is 16.3 Å². The lowest BCUT2D eigenvalue weighted by molar-refractivity contribution is -0.118. The second-order valence-corrected chi connectivity index (χ2v) is 9.20. The van der Waals surface area contributed by atoms with Crippen molar-refractivity contribution in [3.05, 3.63) is 93.6 Å². The van der Waals surface area contributed by atoms with Gasteiger partial charge >= 0.3 is 0 Å². The molecule has 0 saturated carbocycles. The van der Waals surface area contributed by atoms with Crippen molar-refractivity contribution in [2.45, 2.75) is 26.2 Å². The number of para-hydroxylation sites is 1. The van der Waals surface area contributed by atoms with Crippen LogP contribution in [0.3, 0.4) is 0 Å². The van der Waals surface area contributed by atoms with Crippen LogP contribution >= 0.6 is 11.6 Å². The van der Waals surface area contributed by atoms with Crippen LogP contribution in [0.1, 0.15) is 26.3 Å². The van der Waals surface area contributed by atoms with Gasteiger partial charge in [-0.05, 0) is 41.3 Å². The number of nitrogens with one attached hydrogen (secondary N) is 1. The lowest BCUT2D eigenvalue weighted by atomic mass is 9.86. The molecule has 1 aromatic heterocycles. The number of carbonyl (C=O) groups excluding carboxylic acids is 1. The minimum absolute atomic E-state index is 0.00143. The summed E-state index contributed by atoms with van der Waals surface area (Å²) in [4.78, 5) is 25.7. The first-order chi connectivity index (χ1) is 15.7. The molecular weight excluding hydrogens is 438 g/mol. The number of fused-ring (bicyclic) bond motifs is 1. The van der Waals surface area contributed by atoms with E-state index >= 15 is 0 Å². The molecule has 3 aromatic carbocycles. The zero-order valence-electron chi connectivity index (χ0n) is 18.6. The highest BCUT2D eigenvalue weighted by Crippen LogP contribution is 2.32. The van der Waals surface area contributed by atoms with Crippen LogP contribution in [0.4, 0.5) is 5.69 Å². The average molecular weight is 462 g/mol. The van der Waals surface area contributed by atoms with Crippen molar-refractivity contribution in [3.8, 4) is 17.1 Å². The lowest BCUT2D eigenvalue weighted by Crippen LogP contribution is -2.22. The number of ether oxygens (including phenoxy) is 1. The number of benzene rings is 3. The van der Waals surface area contributed by atoms with Gasteiger partial charge in [0.05, 0.1) is 5.39 Å². The Balaban J connectivity index is 1.68. The highest BCUT2D eigenvalue weighted by atomic mass is 35.5. The maximum Gasteiger partial charge on any atom is 0.262 e. The standard InChI is InChI=1S/C27H24ClNO4/c1-27(2,3)18-13-11-17(12-14-18)25-26(24(31)21-9-4-5-10-22(21)33-25)32-16-23(30)29-20-8-6-7-19(28)15-20/h4-15H,16H2,1-3H3,(H,29,30). The van der Waals surface area contributed by atoms with E-state index < -0.39 is 5.91 Å². The molecule has 4 aromatic rings. The molecular formula is C27H24ClNO4. The molecule has 1 N–H and O–H groups in total. The van der Waals surface area contributed by atoms with Crippen LogP contribution in [0.2, 0.25) is 5.02 Å². The molecule has 5 nitrogen and oxygen atoms in total. The molecule has 0 unspecified atom stereocenters. The first-order valence-corrected chi connectivity index (χ1v) is 10.9. The molecule has 33 heavy (non-hydrogen) atoms. The van der Waals surface area contributed by atoms with Crippen LogP contribution < -0.4 is 15.5 Å². The molecule has 0 atom stereocenters. The minimum Gasteiger partial charge on any atom is -0.476 e. The summed E-state index contributed by atoms with van der Waals surface area (Å²) >= 11 is 5.97. The molecule has 1 heterocycles. The Bertz CT molecular complexity index is 1370. The van der Waals surface area contributed by atoms with Crippen LogP contribution in [-0.4, -0.2) is 12.5 Å². The van der Waals surface area contributed by atoms with Gasteiger partial charge < -0.3 is 14.5 Å². The highest BCUT2D eigenvalue weighted by molar-refractivity contribution is 6.30. The molecule has 0 fully saturated rings. The van der Waals surface area contributed by atoms with Crippen molar-refractivity contribution in [1.82, 2.24) is 0 Å². The van der Waals surface area contributed by atoms with E-state index in [0.717, 1.165) is 5.56 Å². The summed E-state index contributed by atoms with van der Waals surface area (Å²) in [6.07, 6.45) is 0. The van der Waals surface area contributed by atoms with E-state index in [1.807, 2.05) is 24.3 Å². The normalized spacial score (nSPS) is 11.4. The van der Waals surface area contributed by atoms with Gasteiger partial charge in [-0.15, -0.1) is 0 Å². The fourth-order valence-electron chi connectivity index (χ4n) is 3.47. The smallest absolute Gasteiger partial charge is 0.262 e. The minimum atomic E-state index is -0.418. The number of amides is 1. The van der Waals surface area contributed by atoms with Gasteiger partial charge in [0.2, 0.25) is 11.2 Å². The molecule has 0 aliphatic rings. The van der Waals surface area contributed by atoms with Gasteiger partial charge in [-0.25, -0.2) is 0 Å². The van der Waals surface area contributed by atoms with E-state index in [-0.39, 0.29) is 29.0 Å². The van der Waals surface area contributed by atoms with Gasteiger partial charge in [0.25, 0.3) is 5.91 Å². The Hall–Kier alpha value is -3.57. The predicted molar refractivity (Wildman–Crippen MR) is 132 cm³/mol. The van der Waals surface area contributed by atoms with Crippen LogP contribution in [0.5, 0.6) is 5.75 Å². The first kappa shape index (κ1) is 22.6. The summed E-state index contributed by atoms with van der Waals surface area (Å²) in [6, 6.07) is 21.6. The Morgan fingerprint density at radius 1 is 1.00 bits per heavy atom. The summed E-state index contributed by atoms with van der Waals surface area (Å²) in [7, 11) is 0. The second-order valence-electron chi connectivity index (χ2n) is 8.76. The number of anilines is 1. The van der Waals surface area contributed by atoms with Crippen LogP contribution in [0, 0.1) is 0 Å². The van der Waals surface area contributed by atoms with Crippen molar-refractivity contribution in [1.29, 1.82) is 0 Å². The van der Waals surface area contributed by atoms with Gasteiger partial charge in [-0.1, -0.05) is 74.8 Å². The third-order valence-electron chi connectivity index (χ3n) is 5.23. The largest absolute Gasteiger partial charge is 0.476 e. The van der Waals surface area contributed by atoms with E-state index in [1.165, 1.54) is 0 Å². The van der Waals surface area contributed by atoms with Crippen LogP contribution in [0.25, 0.3) is 22.3 Å². The number of hydrogen-bond donors (Lipinski definition) is 1. The van der Waals surface area contributed by atoms with E-state index in [2.05, 4.69) is 26.1 Å². The number of rotatable bonds is 5. The van der Waals surface area contributed by atoms with Crippen LogP contribution in [0.15, 0.2) is 82.0 Å². The summed E-state index contributed by atoms with van der Waals surface area (Å²) in [5.41, 5.74) is 2.49. The van der Waals surface area contributed by atoms with Crippen molar-refractivity contribution in [2.75, 3.05) is 11.9 Å². The molecule has 1 amide bonds. The van der Waals surface area contributed by atoms with Crippen molar-refractivity contribution in [3.63, 3.8) is 0 Å². The number of hydrogen-bond acceptors (Lipinski definition) is 4. The summed E-state index contributed by atoms with van der Waals surface area (Å²) in [6.45, 7) is 6.03. The van der Waals surface area contributed by atoms with Crippen molar-refractivity contribution in [2.24, 2.45) is 0 Å². The molecule has 0 spiro atoms. The van der Waals surface area contributed by atoms with E-state index in [4.69, 9.17) is 20.8 Å². The molecule has 0 bridgehead atoms. The van der Waals surface area contributed by atoms with Crippen LogP contribution in [-0.2, 0) is 10.2 Å². The van der Waals surface area contributed by atoms with Gasteiger partial charge in [-0.2, -0.15) is 0 Å². The maximum absolute atomic E-state index is 13.2. The molecule has 0 saturated heterocycles. The zero-order valence-corrected chi connectivity index (χ0v) is 19.4. The first-order valence-electron chi connectivity index (χ1n) is 10.6. The van der Waals surface area contributed by atoms with E-state index in [0.29, 0.717) is 27.2 Å². The second kappa shape index (κ2) is 9.12. The molecule has 0 aliphatic heterocycles. The molecule has 168 valence electrons. The molecule has 6 heteroatoms. The van der Waals surface area contributed by atoms with Gasteiger partial charge in [0.1, 0.15) is 5.58 Å². The topological polar surface area (TPSA) is 68.5 Å². The predicted octanol–water partition coefficient (Wildman–Crippen LogP) is 6.43. The summed E-state index contributed by atoms with van der Waals surface area (Å²) < 4.78 is 11.8. The Morgan fingerprint density at radius 2 is 1.73 bits per heavy atom. The maximum atomic E-state index is 13.2. The fraction of sp³-hybridized carbons (Fsp3) is 0.185. The SMILES string of the molecule is CC(C)(C)c1ccc(-c2oc3ccccc3c(=O)c2OCC(=O)Nc2cccc(Cl)c2)cc1. The number of halogens is 1. The van der Waals surface area contributed by atoms with E-state index in [9.17, 15) is 9.59 Å². The quantitative estimate of drug-likeness (QED) is 0.372.